The van der Waals surface area contributed by atoms with Gasteiger partial charge in [0.05, 0.1) is 5.75 Å². The largest absolute Gasteiger partial charge is 0.356 e. The Morgan fingerprint density at radius 2 is 1.63 bits per heavy atom. The lowest BCUT2D eigenvalue weighted by Gasteiger charge is -2.57. The number of nitrogens with one attached hydrogen (secondary N) is 3. The summed E-state index contributed by atoms with van der Waals surface area (Å²) in [6, 6.07) is 14.7. The van der Waals surface area contributed by atoms with Gasteiger partial charge in [-0.1, -0.05) is 42.5 Å². The van der Waals surface area contributed by atoms with E-state index in [9.17, 15) is 4.79 Å². The third kappa shape index (κ3) is 4.30. The maximum atomic E-state index is 12.3. The minimum Gasteiger partial charge on any atom is -0.356 e. The zero-order valence-electron chi connectivity index (χ0n) is 17.2. The number of thioether (sulfide) groups is 1. The van der Waals surface area contributed by atoms with E-state index in [0.717, 1.165) is 23.5 Å². The molecule has 3 N–H and O–H groups in total. The SMILES string of the molecule is O=C(CSCc1cccc2ccccc12)NNC(=S)NC12CC3CC(CC(C3)C1)C2. The second kappa shape index (κ2) is 8.39. The molecule has 0 aromatic heterocycles. The molecule has 0 heterocycles. The minimum atomic E-state index is -0.0464. The topological polar surface area (TPSA) is 53.2 Å². The number of fused-ring (bicyclic) bond motifs is 1. The van der Waals surface area contributed by atoms with Crippen molar-refractivity contribution >= 4 is 45.8 Å². The van der Waals surface area contributed by atoms with Gasteiger partial charge in [0.1, 0.15) is 0 Å². The number of benzene rings is 2. The van der Waals surface area contributed by atoms with Crippen LogP contribution in [0.1, 0.15) is 44.1 Å². The molecule has 4 aliphatic rings. The first-order chi connectivity index (χ1) is 14.6. The smallest absolute Gasteiger partial charge is 0.248 e. The van der Waals surface area contributed by atoms with Crippen LogP contribution in [0.4, 0.5) is 0 Å². The summed E-state index contributed by atoms with van der Waals surface area (Å²) in [4.78, 5) is 12.3. The van der Waals surface area contributed by atoms with E-state index < -0.39 is 0 Å². The van der Waals surface area contributed by atoms with Gasteiger partial charge >= 0.3 is 0 Å². The van der Waals surface area contributed by atoms with Gasteiger partial charge in [0.25, 0.3) is 0 Å². The first kappa shape index (κ1) is 20.1. The number of amides is 1. The van der Waals surface area contributed by atoms with E-state index in [-0.39, 0.29) is 11.4 Å². The molecule has 0 unspecified atom stereocenters. The lowest BCUT2D eigenvalue weighted by molar-refractivity contribution is -0.119. The summed E-state index contributed by atoms with van der Waals surface area (Å²) in [6.45, 7) is 0. The van der Waals surface area contributed by atoms with Gasteiger partial charge in [-0.05, 0) is 84.8 Å². The highest BCUT2D eigenvalue weighted by Gasteiger charge is 2.51. The van der Waals surface area contributed by atoms with Gasteiger partial charge in [-0.2, -0.15) is 0 Å². The highest BCUT2D eigenvalue weighted by Crippen LogP contribution is 2.55. The van der Waals surface area contributed by atoms with Crippen LogP contribution in [0.3, 0.4) is 0 Å². The zero-order valence-corrected chi connectivity index (χ0v) is 18.8. The summed E-state index contributed by atoms with van der Waals surface area (Å²) in [5, 5.41) is 6.64. The quantitative estimate of drug-likeness (QED) is 0.472. The summed E-state index contributed by atoms with van der Waals surface area (Å²) in [5.74, 6) is 3.76. The molecule has 4 nitrogen and oxygen atoms in total. The fourth-order valence-corrected chi connectivity index (χ4v) is 7.47. The molecule has 6 rings (SSSR count). The summed E-state index contributed by atoms with van der Waals surface area (Å²) in [6.07, 6.45) is 7.92. The van der Waals surface area contributed by atoms with Crippen LogP contribution in [0.2, 0.25) is 0 Å². The van der Waals surface area contributed by atoms with Crippen LogP contribution in [0.5, 0.6) is 0 Å². The van der Waals surface area contributed by atoms with Crippen molar-refractivity contribution in [3.8, 4) is 0 Å². The summed E-state index contributed by atoms with van der Waals surface area (Å²) in [5.41, 5.74) is 7.14. The molecule has 158 valence electrons. The van der Waals surface area contributed by atoms with Gasteiger partial charge < -0.3 is 5.32 Å². The lowest BCUT2D eigenvalue weighted by Crippen LogP contribution is -2.62. The van der Waals surface area contributed by atoms with Crippen LogP contribution in [-0.2, 0) is 10.5 Å². The van der Waals surface area contributed by atoms with Gasteiger partial charge in [-0.3, -0.25) is 15.6 Å². The normalized spacial score (nSPS) is 29.0. The Morgan fingerprint density at radius 3 is 2.37 bits per heavy atom. The minimum absolute atomic E-state index is 0.0464. The van der Waals surface area contributed by atoms with Crippen molar-refractivity contribution in [2.24, 2.45) is 17.8 Å². The van der Waals surface area contributed by atoms with Crippen molar-refractivity contribution in [2.75, 3.05) is 5.75 Å². The summed E-state index contributed by atoms with van der Waals surface area (Å²) >= 11 is 7.13. The molecule has 4 aliphatic carbocycles. The number of hydrogen-bond donors (Lipinski definition) is 3. The van der Waals surface area contributed by atoms with Crippen molar-refractivity contribution in [3.05, 3.63) is 48.0 Å². The molecule has 0 saturated heterocycles. The Balaban J connectivity index is 1.07. The molecular formula is C24H29N3OS2. The number of carbonyl (C=O) groups excluding carboxylic acids is 1. The monoisotopic (exact) mass is 439 g/mol. The standard InChI is InChI=1S/C24H29N3OS2/c28-22(15-30-14-20-6-3-5-19-4-1-2-7-21(19)20)26-27-23(29)25-24-11-16-8-17(12-24)10-18(9-16)13-24/h1-7,16-18H,8-15H2,(H,26,28)(H2,25,27,29). The zero-order chi connectivity index (χ0) is 20.6. The average Bonchev–Trinajstić information content (AvgIpc) is 2.71. The van der Waals surface area contributed by atoms with Gasteiger partial charge in [-0.15, -0.1) is 11.8 Å². The van der Waals surface area contributed by atoms with E-state index in [1.165, 1.54) is 54.9 Å². The predicted molar refractivity (Wildman–Crippen MR) is 128 cm³/mol. The van der Waals surface area contributed by atoms with Crippen LogP contribution in [0.25, 0.3) is 10.8 Å². The molecule has 4 fully saturated rings. The van der Waals surface area contributed by atoms with Crippen molar-refractivity contribution in [2.45, 2.75) is 49.8 Å². The van der Waals surface area contributed by atoms with Gasteiger partial charge in [0, 0.05) is 11.3 Å². The van der Waals surface area contributed by atoms with E-state index in [2.05, 4.69) is 58.6 Å². The number of rotatable bonds is 5. The number of thiocarbonyl (C=S) groups is 1. The number of hydrazine groups is 1. The third-order valence-corrected chi connectivity index (χ3v) is 8.29. The van der Waals surface area contributed by atoms with Crippen LogP contribution in [-0.4, -0.2) is 22.3 Å². The van der Waals surface area contributed by atoms with Crippen LogP contribution < -0.4 is 16.2 Å². The Kier molecular flexibility index (Phi) is 5.63. The van der Waals surface area contributed by atoms with Crippen LogP contribution in [0, 0.1) is 17.8 Å². The summed E-state index contributed by atoms with van der Waals surface area (Å²) < 4.78 is 0. The highest BCUT2D eigenvalue weighted by molar-refractivity contribution is 7.99. The molecule has 0 atom stereocenters. The molecule has 0 radical (unpaired) electrons. The molecule has 1 amide bonds. The molecule has 4 saturated carbocycles. The predicted octanol–water partition coefficient (Wildman–Crippen LogP) is 4.54. The molecule has 2 aromatic rings. The average molecular weight is 440 g/mol. The lowest BCUT2D eigenvalue weighted by atomic mass is 9.53. The fourth-order valence-electron chi connectivity index (χ4n) is 6.37. The number of carbonyl (C=O) groups is 1. The van der Waals surface area contributed by atoms with Crippen LogP contribution in [0.15, 0.2) is 42.5 Å². The maximum absolute atomic E-state index is 12.3. The van der Waals surface area contributed by atoms with Crippen molar-refractivity contribution in [1.29, 1.82) is 0 Å². The Labute approximate surface area is 187 Å². The van der Waals surface area contributed by atoms with Crippen molar-refractivity contribution < 1.29 is 4.79 Å². The molecule has 2 aromatic carbocycles. The molecule has 0 aliphatic heterocycles. The molecular weight excluding hydrogens is 410 g/mol. The van der Waals surface area contributed by atoms with E-state index in [4.69, 9.17) is 12.2 Å². The molecule has 6 heteroatoms. The second-order valence-electron chi connectivity index (χ2n) is 9.46. The van der Waals surface area contributed by atoms with E-state index in [0.29, 0.717) is 10.9 Å². The maximum Gasteiger partial charge on any atom is 0.248 e. The van der Waals surface area contributed by atoms with E-state index in [1.54, 1.807) is 11.8 Å². The molecule has 4 bridgehead atoms. The molecule has 30 heavy (non-hydrogen) atoms. The Hall–Kier alpha value is -1.79. The number of hydrogen-bond acceptors (Lipinski definition) is 3. The van der Waals surface area contributed by atoms with Gasteiger partial charge in [0.2, 0.25) is 5.91 Å². The van der Waals surface area contributed by atoms with Gasteiger partial charge in [-0.25, -0.2) is 0 Å². The van der Waals surface area contributed by atoms with Crippen molar-refractivity contribution in [3.63, 3.8) is 0 Å². The van der Waals surface area contributed by atoms with Crippen LogP contribution >= 0.6 is 24.0 Å². The van der Waals surface area contributed by atoms with Gasteiger partial charge in [0.15, 0.2) is 5.11 Å². The third-order valence-electron chi connectivity index (χ3n) is 7.10. The summed E-state index contributed by atoms with van der Waals surface area (Å²) in [7, 11) is 0. The van der Waals surface area contributed by atoms with Crippen molar-refractivity contribution in [1.82, 2.24) is 16.2 Å². The first-order valence-corrected chi connectivity index (χ1v) is 12.6. The Bertz CT molecular complexity index is 920. The highest BCUT2D eigenvalue weighted by atomic mass is 32.2. The van der Waals surface area contributed by atoms with E-state index in [1.807, 2.05) is 0 Å². The fraction of sp³-hybridized carbons (Fsp3) is 0.500. The Morgan fingerprint density at radius 1 is 0.967 bits per heavy atom. The second-order valence-corrected chi connectivity index (χ2v) is 10.9. The molecule has 0 spiro atoms. The first-order valence-electron chi connectivity index (χ1n) is 11.0. The van der Waals surface area contributed by atoms with E-state index >= 15 is 0 Å².